The van der Waals surface area contributed by atoms with Crippen molar-refractivity contribution in [3.8, 4) is 0 Å². The third-order valence-corrected chi connectivity index (χ3v) is 2.77. The van der Waals surface area contributed by atoms with E-state index in [1.165, 1.54) is 6.42 Å². The van der Waals surface area contributed by atoms with Gasteiger partial charge in [0.1, 0.15) is 0 Å². The van der Waals surface area contributed by atoms with E-state index in [9.17, 15) is 9.59 Å². The third-order valence-electron chi connectivity index (χ3n) is 2.77. The van der Waals surface area contributed by atoms with Gasteiger partial charge in [-0.1, -0.05) is 0 Å². The van der Waals surface area contributed by atoms with Gasteiger partial charge in [0.15, 0.2) is 5.78 Å². The summed E-state index contributed by atoms with van der Waals surface area (Å²) in [6.07, 6.45) is 3.62. The number of carbonyl (C=O) groups is 2. The van der Waals surface area contributed by atoms with Crippen LogP contribution in [-0.2, 0) is 9.59 Å². The summed E-state index contributed by atoms with van der Waals surface area (Å²) in [4.78, 5) is 21.9. The normalized spacial score (nSPS) is 38.8. The molecule has 2 atom stereocenters. The number of rotatable bonds is 0. The van der Waals surface area contributed by atoms with Gasteiger partial charge in [0.25, 0.3) is 0 Å². The average molecular weight is 138 g/mol. The van der Waals surface area contributed by atoms with Crippen LogP contribution < -0.4 is 0 Å². The van der Waals surface area contributed by atoms with Crippen LogP contribution in [0.1, 0.15) is 25.7 Å². The van der Waals surface area contributed by atoms with E-state index in [2.05, 4.69) is 0 Å². The fourth-order valence-corrected chi connectivity index (χ4v) is 1.91. The molecule has 2 aliphatic carbocycles. The summed E-state index contributed by atoms with van der Waals surface area (Å²) in [5.74, 6) is 0.509. The minimum atomic E-state index is -0.124. The van der Waals surface area contributed by atoms with Crippen molar-refractivity contribution in [1.82, 2.24) is 0 Å². The largest absolute Gasteiger partial charge is 0.291 e. The molecule has 0 aromatic carbocycles. The highest BCUT2D eigenvalue weighted by Gasteiger charge is 2.42. The van der Waals surface area contributed by atoms with Gasteiger partial charge in [0.2, 0.25) is 5.78 Å². The molecular weight excluding hydrogens is 128 g/mol. The van der Waals surface area contributed by atoms with Crippen LogP contribution in [0.2, 0.25) is 0 Å². The summed E-state index contributed by atoms with van der Waals surface area (Å²) >= 11 is 0. The van der Waals surface area contributed by atoms with E-state index in [0.29, 0.717) is 12.3 Å². The van der Waals surface area contributed by atoms with Gasteiger partial charge >= 0.3 is 0 Å². The predicted molar refractivity (Wildman–Crippen MR) is 35.5 cm³/mol. The topological polar surface area (TPSA) is 34.1 Å². The first-order valence-electron chi connectivity index (χ1n) is 3.86. The van der Waals surface area contributed by atoms with Crippen LogP contribution in [0.25, 0.3) is 0 Å². The monoisotopic (exact) mass is 138 g/mol. The molecule has 2 saturated carbocycles. The number of fused-ring (bicyclic) bond motifs is 1. The molecule has 2 aliphatic rings. The zero-order chi connectivity index (χ0) is 7.14. The van der Waals surface area contributed by atoms with Crippen molar-refractivity contribution in [2.45, 2.75) is 25.7 Å². The first kappa shape index (κ1) is 6.08. The quantitative estimate of drug-likeness (QED) is 0.467. The fraction of sp³-hybridized carbons (Fsp3) is 0.750. The Balaban J connectivity index is 2.15. The molecule has 2 heteroatoms. The van der Waals surface area contributed by atoms with Gasteiger partial charge < -0.3 is 0 Å². The maximum Gasteiger partial charge on any atom is 0.201 e. The lowest BCUT2D eigenvalue weighted by Crippen LogP contribution is -2.41. The first-order valence-corrected chi connectivity index (χ1v) is 3.86. The molecule has 0 bridgehead atoms. The van der Waals surface area contributed by atoms with Crippen LogP contribution in [-0.4, -0.2) is 11.6 Å². The molecule has 0 aromatic heterocycles. The van der Waals surface area contributed by atoms with Crippen molar-refractivity contribution in [2.75, 3.05) is 0 Å². The molecule has 0 aromatic rings. The number of ketones is 2. The number of hydrogen-bond donors (Lipinski definition) is 0. The van der Waals surface area contributed by atoms with E-state index in [4.69, 9.17) is 0 Å². The van der Waals surface area contributed by atoms with Crippen molar-refractivity contribution in [3.05, 3.63) is 0 Å². The molecular formula is C8H10O2. The zero-order valence-electron chi connectivity index (χ0n) is 5.80. The predicted octanol–water partition coefficient (Wildman–Crippen LogP) is 0.945. The standard InChI is InChI=1S/C8H10O2/c9-7-4-2-5-1-3-6(5)8(7)10/h5-6H,1-4H2. The first-order chi connectivity index (χ1) is 4.79. The molecule has 0 heterocycles. The van der Waals surface area contributed by atoms with Gasteiger partial charge in [-0.2, -0.15) is 0 Å². The zero-order valence-corrected chi connectivity index (χ0v) is 5.80. The van der Waals surface area contributed by atoms with Gasteiger partial charge in [-0.15, -0.1) is 0 Å². The van der Waals surface area contributed by atoms with Crippen LogP contribution in [0.15, 0.2) is 0 Å². The van der Waals surface area contributed by atoms with E-state index in [1.807, 2.05) is 0 Å². The van der Waals surface area contributed by atoms with Crippen LogP contribution in [0, 0.1) is 11.8 Å². The van der Waals surface area contributed by atoms with E-state index in [1.54, 1.807) is 0 Å². The van der Waals surface area contributed by atoms with Gasteiger partial charge in [-0.05, 0) is 25.2 Å². The van der Waals surface area contributed by atoms with Crippen molar-refractivity contribution in [2.24, 2.45) is 11.8 Å². The number of carbonyl (C=O) groups excluding carboxylic acids is 2. The molecule has 0 saturated heterocycles. The Morgan fingerprint density at radius 2 is 1.90 bits per heavy atom. The second-order valence-corrected chi connectivity index (χ2v) is 3.27. The molecule has 0 N–H and O–H groups in total. The van der Waals surface area contributed by atoms with E-state index in [-0.39, 0.29) is 17.5 Å². The van der Waals surface area contributed by atoms with E-state index >= 15 is 0 Å². The Kier molecular flexibility index (Phi) is 1.16. The molecule has 0 spiro atoms. The Morgan fingerprint density at radius 1 is 1.10 bits per heavy atom. The number of hydrogen-bond acceptors (Lipinski definition) is 2. The number of Topliss-reactive ketones (excluding diaryl/α,β-unsaturated/α-hetero) is 2. The highest BCUT2D eigenvalue weighted by atomic mass is 16.2. The van der Waals surface area contributed by atoms with Crippen LogP contribution in [0.3, 0.4) is 0 Å². The van der Waals surface area contributed by atoms with Crippen molar-refractivity contribution < 1.29 is 9.59 Å². The molecule has 2 unspecified atom stereocenters. The molecule has 2 rings (SSSR count). The smallest absolute Gasteiger partial charge is 0.201 e. The highest BCUT2D eigenvalue weighted by molar-refractivity contribution is 6.38. The van der Waals surface area contributed by atoms with Crippen molar-refractivity contribution in [3.63, 3.8) is 0 Å². The van der Waals surface area contributed by atoms with Crippen LogP contribution >= 0.6 is 0 Å². The van der Waals surface area contributed by atoms with E-state index < -0.39 is 0 Å². The summed E-state index contributed by atoms with van der Waals surface area (Å²) in [5, 5.41) is 0. The summed E-state index contributed by atoms with van der Waals surface area (Å²) in [6, 6.07) is 0. The molecule has 0 radical (unpaired) electrons. The Bertz CT molecular complexity index is 195. The minimum absolute atomic E-state index is 0.0810. The van der Waals surface area contributed by atoms with Gasteiger partial charge in [-0.3, -0.25) is 9.59 Å². The summed E-state index contributed by atoms with van der Waals surface area (Å²) in [6.45, 7) is 0. The lowest BCUT2D eigenvalue weighted by atomic mass is 9.65. The maximum atomic E-state index is 11.0. The van der Waals surface area contributed by atoms with Gasteiger partial charge in [-0.25, -0.2) is 0 Å². The van der Waals surface area contributed by atoms with Crippen molar-refractivity contribution in [1.29, 1.82) is 0 Å². The van der Waals surface area contributed by atoms with E-state index in [0.717, 1.165) is 12.8 Å². The SMILES string of the molecule is O=C1CCC2CCC2C1=O. The molecule has 54 valence electrons. The molecule has 2 fully saturated rings. The average Bonchev–Trinajstić information content (AvgIpc) is 1.82. The minimum Gasteiger partial charge on any atom is -0.291 e. The van der Waals surface area contributed by atoms with Crippen LogP contribution in [0.5, 0.6) is 0 Å². The lowest BCUT2D eigenvalue weighted by Gasteiger charge is -2.38. The second-order valence-electron chi connectivity index (χ2n) is 3.27. The summed E-state index contributed by atoms with van der Waals surface area (Å²) in [7, 11) is 0. The third kappa shape index (κ3) is 0.648. The summed E-state index contributed by atoms with van der Waals surface area (Å²) < 4.78 is 0. The highest BCUT2D eigenvalue weighted by Crippen LogP contribution is 2.41. The molecule has 10 heavy (non-hydrogen) atoms. The van der Waals surface area contributed by atoms with Gasteiger partial charge in [0, 0.05) is 12.3 Å². The van der Waals surface area contributed by atoms with Crippen LogP contribution in [0.4, 0.5) is 0 Å². The Morgan fingerprint density at radius 3 is 2.40 bits per heavy atom. The lowest BCUT2D eigenvalue weighted by molar-refractivity contribution is -0.145. The fourth-order valence-electron chi connectivity index (χ4n) is 1.91. The van der Waals surface area contributed by atoms with Crippen molar-refractivity contribution >= 4 is 11.6 Å². The molecule has 0 aliphatic heterocycles. The molecule has 2 nitrogen and oxygen atoms in total. The Hall–Kier alpha value is -0.660. The maximum absolute atomic E-state index is 11.0. The molecule has 0 amide bonds. The second kappa shape index (κ2) is 1.91. The summed E-state index contributed by atoms with van der Waals surface area (Å²) in [5.41, 5.74) is 0. The Labute approximate surface area is 59.6 Å². The van der Waals surface area contributed by atoms with Gasteiger partial charge in [0.05, 0.1) is 0 Å².